The van der Waals surface area contributed by atoms with Gasteiger partial charge in [-0.2, -0.15) is 0 Å². The zero-order valence-corrected chi connectivity index (χ0v) is 12.9. The molecule has 1 aromatic heterocycles. The van der Waals surface area contributed by atoms with Gasteiger partial charge in [-0.15, -0.1) is 0 Å². The lowest BCUT2D eigenvalue weighted by atomic mass is 9.91. The SMILES string of the molecule is CN1C2CCC1CC(CNS(=O)(=O)c1c[nH]ccc1=O)C2. The van der Waals surface area contributed by atoms with Gasteiger partial charge in [0.2, 0.25) is 15.5 Å². The molecule has 0 amide bonds. The quantitative estimate of drug-likeness (QED) is 0.849. The summed E-state index contributed by atoms with van der Waals surface area (Å²) in [6.45, 7) is 0.414. The Labute approximate surface area is 124 Å². The van der Waals surface area contributed by atoms with E-state index >= 15 is 0 Å². The minimum atomic E-state index is -3.73. The molecule has 2 saturated heterocycles. The molecule has 2 N–H and O–H groups in total. The van der Waals surface area contributed by atoms with Gasteiger partial charge in [-0.1, -0.05) is 0 Å². The molecule has 0 aliphatic carbocycles. The Bertz CT molecular complexity index is 656. The highest BCUT2D eigenvalue weighted by Crippen LogP contribution is 2.37. The number of pyridine rings is 1. The molecule has 3 heterocycles. The zero-order valence-electron chi connectivity index (χ0n) is 12.1. The Morgan fingerprint density at radius 3 is 2.62 bits per heavy atom. The number of piperidine rings is 1. The highest BCUT2D eigenvalue weighted by molar-refractivity contribution is 7.89. The van der Waals surface area contributed by atoms with E-state index in [9.17, 15) is 13.2 Å². The highest BCUT2D eigenvalue weighted by Gasteiger charge is 2.38. The molecular formula is C14H21N3O3S. The number of nitrogens with zero attached hydrogens (tertiary/aromatic N) is 1. The topological polar surface area (TPSA) is 82.3 Å². The van der Waals surface area contributed by atoms with Crippen molar-refractivity contribution in [2.45, 2.75) is 42.7 Å². The predicted molar refractivity (Wildman–Crippen MR) is 79.5 cm³/mol. The molecule has 0 saturated carbocycles. The average molecular weight is 311 g/mol. The molecule has 3 rings (SSSR count). The van der Waals surface area contributed by atoms with E-state index in [0.717, 1.165) is 12.8 Å². The van der Waals surface area contributed by atoms with Crippen LogP contribution in [-0.2, 0) is 10.0 Å². The van der Waals surface area contributed by atoms with E-state index in [-0.39, 0.29) is 4.90 Å². The van der Waals surface area contributed by atoms with E-state index in [0.29, 0.717) is 24.5 Å². The summed E-state index contributed by atoms with van der Waals surface area (Å²) in [4.78, 5) is 16.5. The summed E-state index contributed by atoms with van der Waals surface area (Å²) >= 11 is 0. The third-order valence-corrected chi connectivity index (χ3v) is 6.28. The fraction of sp³-hybridized carbons (Fsp3) is 0.643. The van der Waals surface area contributed by atoms with Crippen molar-refractivity contribution >= 4 is 10.0 Å². The van der Waals surface area contributed by atoms with E-state index in [4.69, 9.17) is 0 Å². The van der Waals surface area contributed by atoms with Crippen LogP contribution < -0.4 is 10.2 Å². The van der Waals surface area contributed by atoms with Crippen LogP contribution in [0, 0.1) is 5.92 Å². The lowest BCUT2D eigenvalue weighted by Crippen LogP contribution is -2.43. The molecule has 0 aromatic carbocycles. The molecule has 2 atom stereocenters. The van der Waals surface area contributed by atoms with E-state index in [1.54, 1.807) is 0 Å². The van der Waals surface area contributed by atoms with Crippen molar-refractivity contribution in [1.82, 2.24) is 14.6 Å². The second-order valence-corrected chi connectivity index (χ2v) is 7.85. The fourth-order valence-electron chi connectivity index (χ4n) is 3.61. The molecule has 7 heteroatoms. The molecule has 116 valence electrons. The molecule has 2 fully saturated rings. The maximum Gasteiger partial charge on any atom is 0.245 e. The van der Waals surface area contributed by atoms with Crippen molar-refractivity contribution in [2.75, 3.05) is 13.6 Å². The van der Waals surface area contributed by atoms with Gasteiger partial charge >= 0.3 is 0 Å². The number of hydrogen-bond acceptors (Lipinski definition) is 4. The Morgan fingerprint density at radius 1 is 1.33 bits per heavy atom. The maximum absolute atomic E-state index is 12.2. The van der Waals surface area contributed by atoms with Gasteiger partial charge in [-0.05, 0) is 38.6 Å². The van der Waals surface area contributed by atoms with Crippen LogP contribution in [0.4, 0.5) is 0 Å². The van der Waals surface area contributed by atoms with Crippen molar-refractivity contribution in [3.8, 4) is 0 Å². The highest BCUT2D eigenvalue weighted by atomic mass is 32.2. The number of nitrogens with one attached hydrogen (secondary N) is 2. The van der Waals surface area contributed by atoms with Gasteiger partial charge in [0, 0.05) is 37.1 Å². The van der Waals surface area contributed by atoms with Crippen molar-refractivity contribution in [1.29, 1.82) is 0 Å². The molecule has 2 aliphatic rings. The first-order chi connectivity index (χ1) is 9.97. The van der Waals surface area contributed by atoms with Gasteiger partial charge in [0.1, 0.15) is 4.90 Å². The lowest BCUT2D eigenvalue weighted by Gasteiger charge is -2.36. The predicted octanol–water partition coefficient (Wildman–Crippen LogP) is 0.526. The van der Waals surface area contributed by atoms with Crippen LogP contribution in [0.15, 0.2) is 28.2 Å². The summed E-state index contributed by atoms with van der Waals surface area (Å²) in [7, 11) is -1.57. The van der Waals surface area contributed by atoms with Gasteiger partial charge in [-0.25, -0.2) is 13.1 Å². The second-order valence-electron chi connectivity index (χ2n) is 6.11. The molecule has 2 bridgehead atoms. The second kappa shape index (κ2) is 5.55. The molecule has 21 heavy (non-hydrogen) atoms. The molecule has 1 aromatic rings. The van der Waals surface area contributed by atoms with Gasteiger partial charge in [0.05, 0.1) is 0 Å². The number of fused-ring (bicyclic) bond motifs is 2. The lowest BCUT2D eigenvalue weighted by molar-refractivity contribution is 0.135. The number of rotatable bonds is 4. The summed E-state index contributed by atoms with van der Waals surface area (Å²) in [5.41, 5.74) is -0.482. The number of aromatic amines is 1. The summed E-state index contributed by atoms with van der Waals surface area (Å²) in [5.74, 6) is 0.358. The van der Waals surface area contributed by atoms with Gasteiger partial charge in [-0.3, -0.25) is 4.79 Å². The first kappa shape index (κ1) is 14.7. The number of aromatic nitrogens is 1. The molecule has 2 aliphatic heterocycles. The van der Waals surface area contributed by atoms with Crippen LogP contribution in [0.5, 0.6) is 0 Å². The summed E-state index contributed by atoms with van der Waals surface area (Å²) < 4.78 is 27.0. The van der Waals surface area contributed by atoms with Crippen molar-refractivity contribution in [3.05, 3.63) is 28.7 Å². The first-order valence-corrected chi connectivity index (χ1v) is 8.84. The maximum atomic E-state index is 12.2. The average Bonchev–Trinajstić information content (AvgIpc) is 2.67. The third-order valence-electron chi connectivity index (χ3n) is 4.84. The zero-order chi connectivity index (χ0) is 15.0. The standard InChI is InChI=1S/C14H21N3O3S/c1-17-11-2-3-12(17)7-10(6-11)8-16-21(19,20)14-9-15-5-4-13(14)18/h4-5,9-12,16H,2-3,6-8H2,1H3,(H,15,18). The van der Waals surface area contributed by atoms with Crippen LogP contribution in [0.2, 0.25) is 0 Å². The fourth-order valence-corrected chi connectivity index (χ4v) is 4.77. The molecule has 0 spiro atoms. The Balaban J connectivity index is 1.66. The van der Waals surface area contributed by atoms with Crippen molar-refractivity contribution in [2.24, 2.45) is 5.92 Å². The van der Waals surface area contributed by atoms with Crippen LogP contribution in [0.25, 0.3) is 0 Å². The minimum Gasteiger partial charge on any atom is -0.366 e. The number of sulfonamides is 1. The minimum absolute atomic E-state index is 0.208. The third kappa shape index (κ3) is 2.90. The molecule has 0 radical (unpaired) electrons. The summed E-state index contributed by atoms with van der Waals surface area (Å²) in [5, 5.41) is 0. The first-order valence-electron chi connectivity index (χ1n) is 7.36. The monoisotopic (exact) mass is 311 g/mol. The largest absolute Gasteiger partial charge is 0.366 e. The van der Waals surface area contributed by atoms with Crippen LogP contribution in [-0.4, -0.2) is 44.0 Å². The van der Waals surface area contributed by atoms with Gasteiger partial charge in [0.15, 0.2) is 0 Å². The van der Waals surface area contributed by atoms with E-state index in [1.165, 1.54) is 31.3 Å². The van der Waals surface area contributed by atoms with Crippen molar-refractivity contribution in [3.63, 3.8) is 0 Å². The normalized spacial score (nSPS) is 29.7. The van der Waals surface area contributed by atoms with Crippen LogP contribution in [0.1, 0.15) is 25.7 Å². The van der Waals surface area contributed by atoms with Gasteiger partial charge in [0.25, 0.3) is 0 Å². The van der Waals surface area contributed by atoms with E-state index in [1.807, 2.05) is 0 Å². The summed E-state index contributed by atoms with van der Waals surface area (Å²) in [6, 6.07) is 2.39. The van der Waals surface area contributed by atoms with E-state index < -0.39 is 15.5 Å². The molecular weight excluding hydrogens is 290 g/mol. The molecule has 2 unspecified atom stereocenters. The van der Waals surface area contributed by atoms with Crippen LogP contribution in [0.3, 0.4) is 0 Å². The van der Waals surface area contributed by atoms with Crippen molar-refractivity contribution < 1.29 is 8.42 Å². The molecule has 6 nitrogen and oxygen atoms in total. The number of H-pyrrole nitrogens is 1. The Morgan fingerprint density at radius 2 is 2.00 bits per heavy atom. The van der Waals surface area contributed by atoms with E-state index in [2.05, 4.69) is 21.7 Å². The smallest absolute Gasteiger partial charge is 0.245 e. The number of hydrogen-bond donors (Lipinski definition) is 2. The van der Waals surface area contributed by atoms with Gasteiger partial charge < -0.3 is 9.88 Å². The Kier molecular flexibility index (Phi) is 3.90. The summed E-state index contributed by atoms with van der Waals surface area (Å²) in [6.07, 6.45) is 7.14. The Hall–Kier alpha value is -1.18. The van der Waals surface area contributed by atoms with Crippen LogP contribution >= 0.6 is 0 Å².